The Morgan fingerprint density at radius 1 is 0.964 bits per heavy atom. The van der Waals surface area contributed by atoms with Gasteiger partial charge in [0.25, 0.3) is 11.8 Å². The first-order chi connectivity index (χ1) is 13.5. The summed E-state index contributed by atoms with van der Waals surface area (Å²) >= 11 is 5.93. The molecule has 1 heterocycles. The number of halogens is 1. The van der Waals surface area contributed by atoms with Gasteiger partial charge in [-0.25, -0.2) is 0 Å². The highest BCUT2D eigenvalue weighted by atomic mass is 35.5. The number of amides is 2. The normalized spacial score (nSPS) is 10.0. The van der Waals surface area contributed by atoms with E-state index < -0.39 is 11.8 Å². The van der Waals surface area contributed by atoms with Gasteiger partial charge in [0.05, 0.1) is 22.4 Å². The van der Waals surface area contributed by atoms with Crippen LogP contribution in [0, 0.1) is 18.3 Å². The van der Waals surface area contributed by atoms with Gasteiger partial charge in [-0.1, -0.05) is 23.7 Å². The lowest BCUT2D eigenvalue weighted by Crippen LogP contribution is -2.17. The summed E-state index contributed by atoms with van der Waals surface area (Å²) in [4.78, 5) is 29.0. The summed E-state index contributed by atoms with van der Waals surface area (Å²) in [5.74, 6) is -0.863. The second kappa shape index (κ2) is 8.33. The zero-order valence-electron chi connectivity index (χ0n) is 14.9. The maximum atomic E-state index is 12.5. The molecule has 0 aliphatic rings. The molecule has 0 atom stereocenters. The van der Waals surface area contributed by atoms with Crippen molar-refractivity contribution in [2.75, 3.05) is 10.6 Å². The van der Waals surface area contributed by atoms with E-state index in [9.17, 15) is 9.59 Å². The van der Waals surface area contributed by atoms with Crippen LogP contribution < -0.4 is 10.6 Å². The topological polar surface area (TPSA) is 94.9 Å². The minimum atomic E-state index is -0.465. The first-order valence-corrected chi connectivity index (χ1v) is 8.69. The van der Waals surface area contributed by atoms with Gasteiger partial charge in [0.15, 0.2) is 0 Å². The van der Waals surface area contributed by atoms with Gasteiger partial charge in [0.2, 0.25) is 0 Å². The molecular weight excluding hydrogens is 376 g/mol. The van der Waals surface area contributed by atoms with E-state index in [-0.39, 0.29) is 11.1 Å². The van der Waals surface area contributed by atoms with Crippen LogP contribution in [0.2, 0.25) is 5.02 Å². The summed E-state index contributed by atoms with van der Waals surface area (Å²) in [6, 6.07) is 15.2. The first-order valence-electron chi connectivity index (χ1n) is 8.31. The van der Waals surface area contributed by atoms with E-state index >= 15 is 0 Å². The fourth-order valence-corrected chi connectivity index (χ4v) is 2.76. The summed E-state index contributed by atoms with van der Waals surface area (Å²) in [6.07, 6.45) is 2.73. The minimum absolute atomic E-state index is 0.202. The number of aromatic nitrogens is 1. The van der Waals surface area contributed by atoms with Gasteiger partial charge in [-0.3, -0.25) is 14.6 Å². The monoisotopic (exact) mass is 390 g/mol. The number of carbonyl (C=O) groups is 2. The maximum Gasteiger partial charge on any atom is 0.257 e. The molecule has 0 aliphatic heterocycles. The van der Waals surface area contributed by atoms with Crippen molar-refractivity contribution in [3.8, 4) is 6.07 Å². The number of carbonyl (C=O) groups excluding carboxylic acids is 2. The Morgan fingerprint density at radius 2 is 1.61 bits per heavy atom. The molecule has 0 aliphatic carbocycles. The lowest BCUT2D eigenvalue weighted by atomic mass is 10.1. The predicted octanol–water partition coefficient (Wildman–Crippen LogP) is 4.42. The highest BCUT2D eigenvalue weighted by Crippen LogP contribution is 2.20. The zero-order chi connectivity index (χ0) is 20.1. The van der Waals surface area contributed by atoms with E-state index in [0.717, 1.165) is 5.56 Å². The number of rotatable bonds is 4. The molecule has 7 heteroatoms. The highest BCUT2D eigenvalue weighted by Gasteiger charge is 2.14. The van der Waals surface area contributed by atoms with Crippen molar-refractivity contribution in [2.24, 2.45) is 0 Å². The molecule has 1 aromatic heterocycles. The Balaban J connectivity index is 1.78. The third-order valence-electron chi connectivity index (χ3n) is 3.99. The third-order valence-corrected chi connectivity index (χ3v) is 4.23. The minimum Gasteiger partial charge on any atom is -0.322 e. The van der Waals surface area contributed by atoms with Crippen LogP contribution in [-0.2, 0) is 0 Å². The third kappa shape index (κ3) is 4.34. The molecule has 0 bridgehead atoms. The molecule has 6 nitrogen and oxygen atoms in total. The second-order valence-electron chi connectivity index (χ2n) is 5.99. The molecule has 0 unspecified atom stereocenters. The van der Waals surface area contributed by atoms with Gasteiger partial charge in [0, 0.05) is 23.1 Å². The SMILES string of the molecule is Cc1cc(Cl)ccc1NC(=O)c1cncc(C(=O)Nc2ccccc2C#N)c1. The summed E-state index contributed by atoms with van der Waals surface area (Å²) in [5, 5.41) is 15.1. The van der Waals surface area contributed by atoms with Gasteiger partial charge in [-0.2, -0.15) is 5.26 Å². The van der Waals surface area contributed by atoms with Gasteiger partial charge in [-0.05, 0) is 48.9 Å². The molecule has 0 spiro atoms. The highest BCUT2D eigenvalue weighted by molar-refractivity contribution is 6.30. The van der Waals surface area contributed by atoms with E-state index in [1.54, 1.807) is 42.5 Å². The molecular formula is C21H15ClN4O2. The molecule has 28 heavy (non-hydrogen) atoms. The standard InChI is InChI=1S/C21H15ClN4O2/c1-13-8-17(22)6-7-18(13)25-20(27)15-9-16(12-24-11-15)21(28)26-19-5-3-2-4-14(19)10-23/h2-9,11-12H,1H3,(H,25,27)(H,26,28). The quantitative estimate of drug-likeness (QED) is 0.689. The van der Waals surface area contributed by atoms with Crippen molar-refractivity contribution in [1.29, 1.82) is 5.26 Å². The van der Waals surface area contributed by atoms with Crippen molar-refractivity contribution in [3.63, 3.8) is 0 Å². The predicted molar refractivity (Wildman–Crippen MR) is 107 cm³/mol. The van der Waals surface area contributed by atoms with Crippen LogP contribution >= 0.6 is 11.6 Å². The van der Waals surface area contributed by atoms with Crippen molar-refractivity contribution in [1.82, 2.24) is 4.98 Å². The van der Waals surface area contributed by atoms with E-state index in [0.29, 0.717) is 22.0 Å². The average molecular weight is 391 g/mol. The number of pyridine rings is 1. The van der Waals surface area contributed by atoms with E-state index in [1.165, 1.54) is 18.5 Å². The summed E-state index contributed by atoms with van der Waals surface area (Å²) in [7, 11) is 0. The molecule has 2 aromatic carbocycles. The van der Waals surface area contributed by atoms with Gasteiger partial charge in [-0.15, -0.1) is 0 Å². The zero-order valence-corrected chi connectivity index (χ0v) is 15.6. The molecule has 138 valence electrons. The summed E-state index contributed by atoms with van der Waals surface area (Å²) < 4.78 is 0. The Kier molecular flexibility index (Phi) is 5.68. The largest absolute Gasteiger partial charge is 0.322 e. The van der Waals surface area contributed by atoms with Crippen LogP contribution in [0.4, 0.5) is 11.4 Å². The lowest BCUT2D eigenvalue weighted by molar-refractivity contribution is 0.102. The van der Waals surface area contributed by atoms with Gasteiger partial charge in [0.1, 0.15) is 6.07 Å². The van der Waals surface area contributed by atoms with Crippen molar-refractivity contribution in [3.05, 3.63) is 88.2 Å². The van der Waals surface area contributed by atoms with Crippen molar-refractivity contribution in [2.45, 2.75) is 6.92 Å². The molecule has 2 N–H and O–H groups in total. The van der Waals surface area contributed by atoms with E-state index in [1.807, 2.05) is 13.0 Å². The number of para-hydroxylation sites is 1. The number of benzene rings is 2. The number of nitrogens with one attached hydrogen (secondary N) is 2. The number of nitriles is 1. The number of hydrogen-bond donors (Lipinski definition) is 2. The second-order valence-corrected chi connectivity index (χ2v) is 6.42. The number of aryl methyl sites for hydroxylation is 1. The summed E-state index contributed by atoms with van der Waals surface area (Å²) in [6.45, 7) is 1.83. The van der Waals surface area contributed by atoms with Crippen LogP contribution in [-0.4, -0.2) is 16.8 Å². The number of nitrogens with zero attached hydrogens (tertiary/aromatic N) is 2. The molecule has 2 amide bonds. The maximum absolute atomic E-state index is 12.5. The Bertz CT molecular complexity index is 1110. The number of hydrogen-bond acceptors (Lipinski definition) is 4. The van der Waals surface area contributed by atoms with E-state index in [2.05, 4.69) is 15.6 Å². The average Bonchev–Trinajstić information content (AvgIpc) is 2.70. The smallest absolute Gasteiger partial charge is 0.257 e. The fraction of sp³-hybridized carbons (Fsp3) is 0.0476. The molecule has 0 radical (unpaired) electrons. The van der Waals surface area contributed by atoms with Crippen LogP contribution in [0.3, 0.4) is 0 Å². The van der Waals surface area contributed by atoms with Crippen molar-refractivity contribution >= 4 is 34.8 Å². The van der Waals surface area contributed by atoms with Gasteiger partial charge >= 0.3 is 0 Å². The van der Waals surface area contributed by atoms with Crippen LogP contribution in [0.25, 0.3) is 0 Å². The molecule has 3 aromatic rings. The van der Waals surface area contributed by atoms with Crippen LogP contribution in [0.5, 0.6) is 0 Å². The molecule has 0 saturated heterocycles. The van der Waals surface area contributed by atoms with Gasteiger partial charge < -0.3 is 10.6 Å². The Morgan fingerprint density at radius 3 is 2.25 bits per heavy atom. The van der Waals surface area contributed by atoms with Crippen LogP contribution in [0.1, 0.15) is 31.8 Å². The molecule has 0 fully saturated rings. The Labute approximate surface area is 166 Å². The Hall–Kier alpha value is -3.69. The van der Waals surface area contributed by atoms with Crippen LogP contribution in [0.15, 0.2) is 60.9 Å². The summed E-state index contributed by atoms with van der Waals surface area (Å²) in [5.41, 5.74) is 2.60. The lowest BCUT2D eigenvalue weighted by Gasteiger charge is -2.10. The van der Waals surface area contributed by atoms with Crippen molar-refractivity contribution < 1.29 is 9.59 Å². The molecule has 0 saturated carbocycles. The molecule has 3 rings (SSSR count). The fourth-order valence-electron chi connectivity index (χ4n) is 2.53. The number of anilines is 2. The first kappa shape index (κ1) is 19.1. The van der Waals surface area contributed by atoms with E-state index in [4.69, 9.17) is 16.9 Å².